The number of nitrogens with zero attached hydrogens (tertiary/aromatic N) is 2. The number of ether oxygens (including phenoxy) is 2. The first-order chi connectivity index (χ1) is 10.2. The summed E-state index contributed by atoms with van der Waals surface area (Å²) in [4.78, 5) is 13.7. The third-order valence-electron chi connectivity index (χ3n) is 2.92. The highest BCUT2D eigenvalue weighted by Crippen LogP contribution is 2.16. The molecule has 1 aliphatic rings. The lowest BCUT2D eigenvalue weighted by Gasteiger charge is -2.26. The third-order valence-corrected chi connectivity index (χ3v) is 2.92. The normalized spacial score (nSPS) is 15.6. The lowest BCUT2D eigenvalue weighted by molar-refractivity contribution is 0.0564. The summed E-state index contributed by atoms with van der Waals surface area (Å²) in [5.41, 5.74) is 5.97. The zero-order valence-corrected chi connectivity index (χ0v) is 11.5. The molecule has 0 unspecified atom stereocenters. The second-order valence-electron chi connectivity index (χ2n) is 4.43. The van der Waals surface area contributed by atoms with E-state index in [0.717, 1.165) is 0 Å². The van der Waals surface area contributed by atoms with Crippen LogP contribution in [0.25, 0.3) is 0 Å². The molecule has 114 valence electrons. The van der Waals surface area contributed by atoms with E-state index >= 15 is 0 Å². The lowest BCUT2D eigenvalue weighted by atomic mass is 10.3. The fraction of sp³-hybridized carbons (Fsp3) is 0.385. The van der Waals surface area contributed by atoms with Gasteiger partial charge < -0.3 is 30.6 Å². The highest BCUT2D eigenvalue weighted by Gasteiger charge is 2.16. The first-order valence-corrected chi connectivity index (χ1v) is 6.52. The van der Waals surface area contributed by atoms with Crippen LogP contribution < -0.4 is 15.8 Å². The van der Waals surface area contributed by atoms with E-state index < -0.39 is 0 Å². The number of morpholine rings is 1. The number of amides is 2. The van der Waals surface area contributed by atoms with Crippen molar-refractivity contribution in [2.24, 2.45) is 10.9 Å². The molecule has 8 nitrogen and oxygen atoms in total. The highest BCUT2D eigenvalue weighted by molar-refractivity contribution is 5.89. The number of anilines is 1. The van der Waals surface area contributed by atoms with E-state index in [-0.39, 0.29) is 18.5 Å². The molecule has 1 fully saturated rings. The molecule has 1 aliphatic heterocycles. The second-order valence-corrected chi connectivity index (χ2v) is 4.43. The van der Waals surface area contributed by atoms with Crippen molar-refractivity contribution in [3.05, 3.63) is 24.3 Å². The molecule has 1 aromatic rings. The standard InChI is InChI=1S/C13H18N4O4/c14-12(16-19)9-21-11-3-1-10(2-4-11)15-13(18)17-5-7-20-8-6-17/h1-4,19H,5-9H2,(H2,14,16)(H,15,18). The van der Waals surface area contributed by atoms with Gasteiger partial charge in [-0.3, -0.25) is 0 Å². The fourth-order valence-electron chi connectivity index (χ4n) is 1.79. The van der Waals surface area contributed by atoms with Crippen molar-refractivity contribution >= 4 is 17.6 Å². The van der Waals surface area contributed by atoms with Crippen LogP contribution >= 0.6 is 0 Å². The van der Waals surface area contributed by atoms with E-state index in [9.17, 15) is 4.79 Å². The van der Waals surface area contributed by atoms with Crippen LogP contribution in [0.15, 0.2) is 29.4 Å². The first kappa shape index (κ1) is 14.9. The molecule has 1 aromatic carbocycles. The Morgan fingerprint density at radius 2 is 2.05 bits per heavy atom. The predicted molar refractivity (Wildman–Crippen MR) is 76.8 cm³/mol. The number of nitrogens with one attached hydrogen (secondary N) is 1. The summed E-state index contributed by atoms with van der Waals surface area (Å²) >= 11 is 0. The molecule has 0 spiro atoms. The molecule has 0 radical (unpaired) electrons. The van der Waals surface area contributed by atoms with Crippen LogP contribution in [-0.2, 0) is 4.74 Å². The largest absolute Gasteiger partial charge is 0.486 e. The lowest BCUT2D eigenvalue weighted by Crippen LogP contribution is -2.43. The Kier molecular flexibility index (Phi) is 5.22. The van der Waals surface area contributed by atoms with Gasteiger partial charge >= 0.3 is 6.03 Å². The molecule has 1 saturated heterocycles. The molecule has 8 heteroatoms. The monoisotopic (exact) mass is 294 g/mol. The minimum absolute atomic E-state index is 0.00398. The zero-order chi connectivity index (χ0) is 15.1. The molecule has 0 aliphatic carbocycles. The van der Waals surface area contributed by atoms with Gasteiger partial charge in [0.05, 0.1) is 13.2 Å². The van der Waals surface area contributed by atoms with Gasteiger partial charge in [-0.2, -0.15) is 0 Å². The van der Waals surface area contributed by atoms with E-state index in [1.165, 1.54) is 0 Å². The maximum atomic E-state index is 12.0. The molecule has 0 saturated carbocycles. The number of rotatable bonds is 4. The number of hydrogen-bond acceptors (Lipinski definition) is 5. The Morgan fingerprint density at radius 3 is 2.67 bits per heavy atom. The average Bonchev–Trinajstić information content (AvgIpc) is 2.54. The number of urea groups is 1. The summed E-state index contributed by atoms with van der Waals surface area (Å²) in [5, 5.41) is 14.0. The van der Waals surface area contributed by atoms with Crippen LogP contribution in [0, 0.1) is 0 Å². The molecular weight excluding hydrogens is 276 g/mol. The Morgan fingerprint density at radius 1 is 1.38 bits per heavy atom. The van der Waals surface area contributed by atoms with Crippen LogP contribution in [0.2, 0.25) is 0 Å². The van der Waals surface area contributed by atoms with E-state index in [1.54, 1.807) is 29.2 Å². The Hall–Kier alpha value is -2.48. The van der Waals surface area contributed by atoms with Gasteiger partial charge in [0.1, 0.15) is 12.4 Å². The first-order valence-electron chi connectivity index (χ1n) is 6.52. The zero-order valence-electron chi connectivity index (χ0n) is 11.5. The van der Waals surface area contributed by atoms with Crippen molar-refractivity contribution in [2.75, 3.05) is 38.2 Å². The molecule has 2 rings (SSSR count). The van der Waals surface area contributed by atoms with Crippen molar-refractivity contribution < 1.29 is 19.5 Å². The number of hydrogen-bond donors (Lipinski definition) is 3. The third kappa shape index (κ3) is 4.53. The van der Waals surface area contributed by atoms with Gasteiger partial charge in [0, 0.05) is 18.8 Å². The summed E-state index contributed by atoms with van der Waals surface area (Å²) in [5.74, 6) is 0.547. The van der Waals surface area contributed by atoms with E-state index in [4.69, 9.17) is 20.4 Å². The fourth-order valence-corrected chi connectivity index (χ4v) is 1.79. The minimum atomic E-state index is -0.149. The molecule has 21 heavy (non-hydrogen) atoms. The molecule has 0 atom stereocenters. The highest BCUT2D eigenvalue weighted by atomic mass is 16.5. The Balaban J connectivity index is 1.85. The maximum Gasteiger partial charge on any atom is 0.321 e. The van der Waals surface area contributed by atoms with Gasteiger partial charge in [0.2, 0.25) is 0 Å². The smallest absolute Gasteiger partial charge is 0.321 e. The molecule has 0 bridgehead atoms. The van der Waals surface area contributed by atoms with Crippen LogP contribution in [0.5, 0.6) is 5.75 Å². The second kappa shape index (κ2) is 7.34. The predicted octanol–water partition coefficient (Wildman–Crippen LogP) is 0.676. The molecular formula is C13H18N4O4. The number of amidine groups is 1. The van der Waals surface area contributed by atoms with Crippen molar-refractivity contribution in [3.63, 3.8) is 0 Å². The summed E-state index contributed by atoms with van der Waals surface area (Å²) < 4.78 is 10.5. The number of carbonyl (C=O) groups excluding carboxylic acids is 1. The molecule has 1 heterocycles. The quantitative estimate of drug-likeness (QED) is 0.327. The summed E-state index contributed by atoms with van der Waals surface area (Å²) in [6, 6.07) is 6.68. The topological polar surface area (TPSA) is 109 Å². The van der Waals surface area contributed by atoms with Crippen molar-refractivity contribution in [1.29, 1.82) is 0 Å². The van der Waals surface area contributed by atoms with E-state index in [0.29, 0.717) is 37.7 Å². The summed E-state index contributed by atoms with van der Waals surface area (Å²) in [6.45, 7) is 2.30. The van der Waals surface area contributed by atoms with Crippen molar-refractivity contribution in [1.82, 2.24) is 4.90 Å². The number of oxime groups is 1. The van der Waals surface area contributed by atoms with Crippen molar-refractivity contribution in [2.45, 2.75) is 0 Å². The van der Waals surface area contributed by atoms with Crippen molar-refractivity contribution in [3.8, 4) is 5.75 Å². The molecule has 0 aromatic heterocycles. The van der Waals surface area contributed by atoms with E-state index in [1.807, 2.05) is 0 Å². The summed E-state index contributed by atoms with van der Waals surface area (Å²) in [6.07, 6.45) is 0. The Labute approximate surface area is 122 Å². The van der Waals surface area contributed by atoms with Gasteiger partial charge in [-0.25, -0.2) is 4.79 Å². The Bertz CT molecular complexity index is 497. The van der Waals surface area contributed by atoms with Gasteiger partial charge in [-0.15, -0.1) is 0 Å². The molecule has 4 N–H and O–H groups in total. The van der Waals surface area contributed by atoms with Crippen LogP contribution in [0.1, 0.15) is 0 Å². The SMILES string of the molecule is NC(COc1ccc(NC(=O)N2CCOCC2)cc1)=NO. The van der Waals surface area contributed by atoms with Gasteiger partial charge in [0.25, 0.3) is 0 Å². The van der Waals surface area contributed by atoms with Crippen LogP contribution in [0.3, 0.4) is 0 Å². The molecule has 2 amide bonds. The summed E-state index contributed by atoms with van der Waals surface area (Å²) in [7, 11) is 0. The van der Waals surface area contributed by atoms with Crippen LogP contribution in [0.4, 0.5) is 10.5 Å². The van der Waals surface area contributed by atoms with Crippen LogP contribution in [-0.4, -0.2) is 54.9 Å². The average molecular weight is 294 g/mol. The van der Waals surface area contributed by atoms with Gasteiger partial charge in [-0.1, -0.05) is 5.16 Å². The maximum absolute atomic E-state index is 12.0. The van der Waals surface area contributed by atoms with Gasteiger partial charge in [-0.05, 0) is 24.3 Å². The minimum Gasteiger partial charge on any atom is -0.486 e. The number of nitrogens with two attached hydrogens (primary N) is 1. The number of benzene rings is 1. The van der Waals surface area contributed by atoms with E-state index in [2.05, 4.69) is 10.5 Å². The van der Waals surface area contributed by atoms with Gasteiger partial charge in [0.15, 0.2) is 5.84 Å². The number of carbonyl (C=O) groups is 1.